The number of amides is 2. The van der Waals surface area contributed by atoms with Crippen LogP contribution < -0.4 is 4.90 Å². The first-order valence-corrected chi connectivity index (χ1v) is 10.8. The van der Waals surface area contributed by atoms with E-state index in [1.807, 2.05) is 24.3 Å². The molecule has 2 bridgehead atoms. The number of carbonyl (C=O) groups is 3. The second-order valence-corrected chi connectivity index (χ2v) is 9.09. The Labute approximate surface area is 186 Å². The number of carboxylic acids is 1. The maximum absolute atomic E-state index is 13.8. The molecule has 1 fully saturated rings. The van der Waals surface area contributed by atoms with Crippen LogP contribution >= 0.6 is 15.9 Å². The summed E-state index contributed by atoms with van der Waals surface area (Å²) >= 11 is 3.44. The molecule has 152 valence electrons. The lowest BCUT2D eigenvalue weighted by molar-refractivity contribution is -0.149. The molecule has 0 spiro atoms. The molecule has 1 aliphatic heterocycles. The standard InChI is InChI=1S/C25H16BrNO4/c26-17-11-5-6-12-18(17)27-22(28)20-19-13-7-1-3-9-15(13)25(24(30)31,21(20)23(27)29)16-10-4-2-8-14(16)19/h1-12,19-21H,(H,30,31)/t19?,20-,21-,25?/m1/s1. The minimum atomic E-state index is -1.60. The third kappa shape index (κ3) is 2.03. The van der Waals surface area contributed by atoms with Crippen molar-refractivity contribution < 1.29 is 19.5 Å². The van der Waals surface area contributed by atoms with Crippen LogP contribution in [0.3, 0.4) is 0 Å². The van der Waals surface area contributed by atoms with Crippen molar-refractivity contribution in [1.29, 1.82) is 0 Å². The van der Waals surface area contributed by atoms with Crippen LogP contribution in [0, 0.1) is 11.8 Å². The average molecular weight is 474 g/mol. The van der Waals surface area contributed by atoms with Gasteiger partial charge in [-0.25, -0.2) is 4.90 Å². The highest BCUT2D eigenvalue weighted by Crippen LogP contribution is 2.64. The maximum atomic E-state index is 13.8. The summed E-state index contributed by atoms with van der Waals surface area (Å²) in [4.78, 5) is 41.9. The van der Waals surface area contributed by atoms with Crippen molar-refractivity contribution in [2.75, 3.05) is 4.90 Å². The highest BCUT2D eigenvalue weighted by molar-refractivity contribution is 9.10. The molecule has 3 aromatic carbocycles. The molecule has 3 aromatic rings. The summed E-state index contributed by atoms with van der Waals surface area (Å²) in [6.45, 7) is 0. The highest BCUT2D eigenvalue weighted by Gasteiger charge is 2.71. The molecule has 1 N–H and O–H groups in total. The molecule has 31 heavy (non-hydrogen) atoms. The van der Waals surface area contributed by atoms with Crippen LogP contribution in [0.5, 0.6) is 0 Å². The highest BCUT2D eigenvalue weighted by atomic mass is 79.9. The Morgan fingerprint density at radius 2 is 1.39 bits per heavy atom. The number of para-hydroxylation sites is 1. The quantitative estimate of drug-likeness (QED) is 0.568. The number of hydrogen-bond donors (Lipinski definition) is 1. The van der Waals surface area contributed by atoms with E-state index in [9.17, 15) is 19.5 Å². The van der Waals surface area contributed by atoms with Gasteiger partial charge in [0.25, 0.3) is 0 Å². The van der Waals surface area contributed by atoms with Crippen molar-refractivity contribution in [3.63, 3.8) is 0 Å². The molecule has 1 saturated heterocycles. The predicted octanol–water partition coefficient (Wildman–Crippen LogP) is 4.08. The Kier molecular flexibility index (Phi) is 3.67. The van der Waals surface area contributed by atoms with Crippen LogP contribution in [-0.4, -0.2) is 22.9 Å². The Morgan fingerprint density at radius 1 is 0.839 bits per heavy atom. The van der Waals surface area contributed by atoms with E-state index in [4.69, 9.17) is 0 Å². The van der Waals surface area contributed by atoms with Crippen LogP contribution in [0.25, 0.3) is 0 Å². The van der Waals surface area contributed by atoms with Gasteiger partial charge in [-0.15, -0.1) is 0 Å². The Balaban J connectivity index is 1.69. The second-order valence-electron chi connectivity index (χ2n) is 8.23. The monoisotopic (exact) mass is 473 g/mol. The molecule has 0 unspecified atom stereocenters. The first kappa shape index (κ1) is 18.5. The fourth-order valence-corrected chi connectivity index (χ4v) is 6.47. The number of aliphatic carboxylic acids is 1. The summed E-state index contributed by atoms with van der Waals surface area (Å²) in [5, 5.41) is 10.7. The summed E-state index contributed by atoms with van der Waals surface area (Å²) < 4.78 is 0.613. The topological polar surface area (TPSA) is 74.7 Å². The third-order valence-electron chi connectivity index (χ3n) is 7.05. The second kappa shape index (κ2) is 6.14. The summed E-state index contributed by atoms with van der Waals surface area (Å²) in [5.41, 5.74) is 1.71. The van der Waals surface area contributed by atoms with Gasteiger partial charge < -0.3 is 5.11 Å². The van der Waals surface area contributed by atoms with E-state index < -0.39 is 29.1 Å². The largest absolute Gasteiger partial charge is 0.480 e. The van der Waals surface area contributed by atoms with Crippen molar-refractivity contribution in [3.05, 3.63) is 99.5 Å². The van der Waals surface area contributed by atoms with E-state index in [1.54, 1.807) is 48.5 Å². The van der Waals surface area contributed by atoms with Crippen molar-refractivity contribution in [1.82, 2.24) is 0 Å². The SMILES string of the molecule is O=C1[C@@H]2C3c4ccccc4C(C(=O)O)(c4ccccc43)[C@H]2C(=O)N1c1ccccc1Br. The van der Waals surface area contributed by atoms with Gasteiger partial charge >= 0.3 is 5.97 Å². The number of anilines is 1. The van der Waals surface area contributed by atoms with Crippen LogP contribution in [-0.2, 0) is 19.8 Å². The number of carboxylic acid groups (broad SMARTS) is 1. The molecule has 6 heteroatoms. The Morgan fingerprint density at radius 3 is 1.97 bits per heavy atom. The third-order valence-corrected chi connectivity index (χ3v) is 7.72. The number of halogens is 1. The van der Waals surface area contributed by atoms with E-state index in [0.29, 0.717) is 21.3 Å². The van der Waals surface area contributed by atoms with Crippen LogP contribution in [0.15, 0.2) is 77.3 Å². The molecule has 1 heterocycles. The van der Waals surface area contributed by atoms with Gasteiger partial charge in [0.05, 0.1) is 17.5 Å². The van der Waals surface area contributed by atoms with E-state index >= 15 is 0 Å². The molecular formula is C25H16BrNO4. The van der Waals surface area contributed by atoms with Gasteiger partial charge in [0.15, 0.2) is 0 Å². The van der Waals surface area contributed by atoms with E-state index in [1.165, 1.54) is 4.90 Å². The van der Waals surface area contributed by atoms with Gasteiger partial charge in [0.1, 0.15) is 5.41 Å². The van der Waals surface area contributed by atoms with E-state index in [2.05, 4.69) is 15.9 Å². The van der Waals surface area contributed by atoms with Crippen molar-refractivity contribution in [2.24, 2.45) is 11.8 Å². The zero-order valence-corrected chi connectivity index (χ0v) is 17.7. The van der Waals surface area contributed by atoms with Crippen molar-refractivity contribution >= 4 is 39.4 Å². The van der Waals surface area contributed by atoms with Crippen LogP contribution in [0.1, 0.15) is 28.2 Å². The Hall–Kier alpha value is -3.25. The first-order chi connectivity index (χ1) is 15.0. The minimum Gasteiger partial charge on any atom is -0.480 e. The van der Waals surface area contributed by atoms with Gasteiger partial charge in [0, 0.05) is 10.4 Å². The molecule has 5 nitrogen and oxygen atoms in total. The van der Waals surface area contributed by atoms with E-state index in [-0.39, 0.29) is 11.8 Å². The summed E-state index contributed by atoms with van der Waals surface area (Å²) in [6, 6.07) is 21.7. The number of rotatable bonds is 2. The molecule has 2 atom stereocenters. The molecule has 4 aliphatic rings. The lowest BCUT2D eigenvalue weighted by Crippen LogP contribution is -2.57. The number of benzene rings is 3. The lowest BCUT2D eigenvalue weighted by atomic mass is 9.47. The van der Waals surface area contributed by atoms with Gasteiger partial charge in [0.2, 0.25) is 11.8 Å². The molecule has 2 amide bonds. The first-order valence-electron chi connectivity index (χ1n) is 10.0. The number of imide groups is 1. The van der Waals surface area contributed by atoms with Crippen molar-refractivity contribution in [3.8, 4) is 0 Å². The molecule has 0 aromatic heterocycles. The van der Waals surface area contributed by atoms with Crippen molar-refractivity contribution in [2.45, 2.75) is 11.3 Å². The molecule has 3 aliphatic carbocycles. The average Bonchev–Trinajstić information content (AvgIpc) is 3.05. The number of hydrogen-bond acceptors (Lipinski definition) is 3. The summed E-state index contributed by atoms with van der Waals surface area (Å²) in [5.74, 6) is -4.03. The molecule has 0 radical (unpaired) electrons. The summed E-state index contributed by atoms with van der Waals surface area (Å²) in [6.07, 6.45) is 0. The predicted molar refractivity (Wildman–Crippen MR) is 117 cm³/mol. The van der Waals surface area contributed by atoms with Crippen LogP contribution in [0.2, 0.25) is 0 Å². The molecular weight excluding hydrogens is 458 g/mol. The van der Waals surface area contributed by atoms with Gasteiger partial charge in [-0.1, -0.05) is 60.7 Å². The van der Waals surface area contributed by atoms with E-state index in [0.717, 1.165) is 11.1 Å². The Bertz CT molecular complexity index is 1270. The fourth-order valence-electron chi connectivity index (χ4n) is 6.01. The minimum absolute atomic E-state index is 0.346. The fraction of sp³-hybridized carbons (Fsp3) is 0.160. The zero-order valence-electron chi connectivity index (χ0n) is 16.2. The molecule has 0 saturated carbocycles. The zero-order chi connectivity index (χ0) is 21.5. The number of nitrogens with zero attached hydrogens (tertiary/aromatic N) is 1. The lowest BCUT2D eigenvalue weighted by Gasteiger charge is -2.51. The van der Waals surface area contributed by atoms with Crippen LogP contribution in [0.4, 0.5) is 5.69 Å². The smallest absolute Gasteiger partial charge is 0.319 e. The normalized spacial score (nSPS) is 27.6. The maximum Gasteiger partial charge on any atom is 0.319 e. The molecule has 7 rings (SSSR count). The van der Waals surface area contributed by atoms with Gasteiger partial charge in [-0.3, -0.25) is 14.4 Å². The van der Waals surface area contributed by atoms with Gasteiger partial charge in [-0.05, 0) is 50.3 Å². The summed E-state index contributed by atoms with van der Waals surface area (Å²) in [7, 11) is 0. The number of carbonyl (C=O) groups excluding carboxylic acids is 2. The van der Waals surface area contributed by atoms with Gasteiger partial charge in [-0.2, -0.15) is 0 Å².